The van der Waals surface area contributed by atoms with Crippen LogP contribution in [-0.4, -0.2) is 14.5 Å². The second-order valence-electron chi connectivity index (χ2n) is 12.4. The van der Waals surface area contributed by atoms with E-state index in [9.17, 15) is 0 Å². The zero-order valence-electron chi connectivity index (χ0n) is 23.6. The van der Waals surface area contributed by atoms with Crippen LogP contribution in [0.3, 0.4) is 0 Å². The van der Waals surface area contributed by atoms with Crippen molar-refractivity contribution in [3.63, 3.8) is 0 Å². The van der Waals surface area contributed by atoms with Gasteiger partial charge in [-0.15, -0.1) is 11.3 Å². The number of hydrogen-bond acceptors (Lipinski definition) is 3. The molecule has 0 saturated heterocycles. The molecule has 0 radical (unpaired) electrons. The molecule has 6 rings (SSSR count). The highest BCUT2D eigenvalue weighted by atomic mass is 32.1. The van der Waals surface area contributed by atoms with Crippen molar-refractivity contribution in [3.05, 3.63) is 114 Å². The molecule has 0 aliphatic rings. The summed E-state index contributed by atoms with van der Waals surface area (Å²) in [5, 5.41) is 5.58. The number of aromatic nitrogens is 3. The van der Waals surface area contributed by atoms with E-state index in [-0.39, 0.29) is 16.2 Å². The minimum absolute atomic E-state index is 0.102. The topological polar surface area (TPSA) is 30.7 Å². The van der Waals surface area contributed by atoms with Gasteiger partial charge in [-0.3, -0.25) is 4.98 Å². The molecule has 3 heterocycles. The third-order valence-corrected chi connectivity index (χ3v) is 9.01. The quantitative estimate of drug-likeness (QED) is 0.228. The fourth-order valence-corrected chi connectivity index (χ4v) is 7.75. The molecular formula is C35H35N3S. The Labute approximate surface area is 235 Å². The Balaban J connectivity index is 1.70. The Morgan fingerprint density at radius 2 is 1.38 bits per heavy atom. The number of hydrogen-bond donors (Lipinski definition) is 0. The van der Waals surface area contributed by atoms with E-state index in [1.54, 1.807) is 11.3 Å². The van der Waals surface area contributed by atoms with Crippen LogP contribution in [0.15, 0.2) is 103 Å². The van der Waals surface area contributed by atoms with Crippen molar-refractivity contribution < 1.29 is 0 Å². The number of nitrogens with zero attached hydrogens (tertiary/aromatic N) is 3. The monoisotopic (exact) mass is 529 g/mol. The van der Waals surface area contributed by atoms with Crippen molar-refractivity contribution in [2.75, 3.05) is 0 Å². The van der Waals surface area contributed by atoms with Crippen LogP contribution in [0, 0.1) is 10.8 Å². The fourth-order valence-electron chi connectivity index (χ4n) is 7.12. The Morgan fingerprint density at radius 1 is 0.641 bits per heavy atom. The summed E-state index contributed by atoms with van der Waals surface area (Å²) in [4.78, 5) is 9.56. The van der Waals surface area contributed by atoms with Crippen molar-refractivity contribution in [1.82, 2.24) is 14.5 Å². The van der Waals surface area contributed by atoms with Gasteiger partial charge in [-0.1, -0.05) is 90.1 Å². The average molecular weight is 530 g/mol. The molecule has 0 atom stereocenters. The third-order valence-electron chi connectivity index (χ3n) is 8.19. The molecule has 3 aromatic heterocycles. The summed E-state index contributed by atoms with van der Waals surface area (Å²) < 4.78 is 2.42. The number of thiazole rings is 1. The molecular weight excluding hydrogens is 494 g/mol. The SMILES string of the molecule is CC(C)(C)C(c1ccc2c3ccccc3n(-c3cccc(-c4nccs4)c3)c2c1)(c1ccccn1)C(C)(C)C. The van der Waals surface area contributed by atoms with Crippen molar-refractivity contribution in [3.8, 4) is 16.3 Å². The molecule has 0 aliphatic heterocycles. The van der Waals surface area contributed by atoms with Crippen LogP contribution < -0.4 is 0 Å². The zero-order chi connectivity index (χ0) is 27.4. The van der Waals surface area contributed by atoms with Crippen LogP contribution in [0.1, 0.15) is 52.8 Å². The van der Waals surface area contributed by atoms with Gasteiger partial charge in [-0.2, -0.15) is 0 Å². The Kier molecular flexibility index (Phi) is 6.00. The zero-order valence-corrected chi connectivity index (χ0v) is 24.4. The third kappa shape index (κ3) is 3.92. The first-order valence-corrected chi connectivity index (χ1v) is 14.5. The molecule has 0 saturated carbocycles. The standard InChI is InChI=1S/C35H35N3S/c1-33(2,3)35(34(4,5)6,31-16-9-10-19-36-31)25-17-18-28-27-14-7-8-15-29(27)38(30(28)23-25)26-13-11-12-24(22-26)32-37-20-21-39-32/h7-23H,1-6H3. The van der Waals surface area contributed by atoms with Gasteiger partial charge in [0.15, 0.2) is 0 Å². The normalized spacial score (nSPS) is 12.9. The van der Waals surface area contributed by atoms with Gasteiger partial charge in [0.05, 0.1) is 16.7 Å². The molecule has 0 unspecified atom stereocenters. The van der Waals surface area contributed by atoms with Crippen LogP contribution in [0.5, 0.6) is 0 Å². The first kappa shape index (κ1) is 25.5. The number of benzene rings is 3. The molecule has 0 N–H and O–H groups in total. The van der Waals surface area contributed by atoms with Crippen molar-refractivity contribution in [2.45, 2.75) is 47.0 Å². The summed E-state index contributed by atoms with van der Waals surface area (Å²) in [5.41, 5.74) is 6.54. The largest absolute Gasteiger partial charge is 0.309 e. The van der Waals surface area contributed by atoms with Crippen LogP contribution in [0.25, 0.3) is 38.1 Å². The van der Waals surface area contributed by atoms with E-state index in [1.807, 2.05) is 23.8 Å². The summed E-state index contributed by atoms with van der Waals surface area (Å²) in [5.74, 6) is 0. The first-order valence-electron chi connectivity index (χ1n) is 13.6. The van der Waals surface area contributed by atoms with E-state index in [0.29, 0.717) is 0 Å². The molecule has 0 bridgehead atoms. The minimum Gasteiger partial charge on any atom is -0.309 e. The van der Waals surface area contributed by atoms with Gasteiger partial charge < -0.3 is 4.57 Å². The van der Waals surface area contributed by atoms with Crippen LogP contribution in [0.2, 0.25) is 0 Å². The molecule has 0 amide bonds. The second-order valence-corrected chi connectivity index (χ2v) is 13.3. The summed E-state index contributed by atoms with van der Waals surface area (Å²) in [7, 11) is 0. The first-order chi connectivity index (χ1) is 18.6. The molecule has 3 nitrogen and oxygen atoms in total. The van der Waals surface area contributed by atoms with E-state index in [0.717, 1.165) is 22.0 Å². The highest BCUT2D eigenvalue weighted by Gasteiger charge is 2.54. The molecule has 6 aromatic rings. The van der Waals surface area contributed by atoms with Crippen LogP contribution in [0.4, 0.5) is 0 Å². The summed E-state index contributed by atoms with van der Waals surface area (Å²) in [6.45, 7) is 14.1. The maximum atomic E-state index is 4.99. The lowest BCUT2D eigenvalue weighted by molar-refractivity contribution is 0.0866. The molecule has 196 valence electrons. The number of fused-ring (bicyclic) bond motifs is 3. The smallest absolute Gasteiger partial charge is 0.123 e. The predicted octanol–water partition coefficient (Wildman–Crippen LogP) is 9.68. The van der Waals surface area contributed by atoms with Gasteiger partial charge >= 0.3 is 0 Å². The highest BCUT2D eigenvalue weighted by molar-refractivity contribution is 7.13. The van der Waals surface area contributed by atoms with Crippen LogP contribution >= 0.6 is 11.3 Å². The van der Waals surface area contributed by atoms with Gasteiger partial charge in [0, 0.05) is 45.2 Å². The maximum absolute atomic E-state index is 4.99. The van der Waals surface area contributed by atoms with Crippen molar-refractivity contribution in [2.24, 2.45) is 10.8 Å². The Bertz CT molecular complexity index is 1750. The summed E-state index contributed by atoms with van der Waals surface area (Å²) in [6.07, 6.45) is 3.80. The van der Waals surface area contributed by atoms with Crippen molar-refractivity contribution in [1.29, 1.82) is 0 Å². The fraction of sp³-hybridized carbons (Fsp3) is 0.257. The van der Waals surface area contributed by atoms with Crippen molar-refractivity contribution >= 4 is 33.1 Å². The molecule has 0 aliphatic carbocycles. The van der Waals surface area contributed by atoms with Gasteiger partial charge in [0.2, 0.25) is 0 Å². The van der Waals surface area contributed by atoms with E-state index < -0.39 is 0 Å². The maximum Gasteiger partial charge on any atom is 0.123 e. The van der Waals surface area contributed by atoms with E-state index >= 15 is 0 Å². The van der Waals surface area contributed by atoms with Gasteiger partial charge in [0.1, 0.15) is 5.01 Å². The minimum atomic E-state index is -0.334. The lowest BCUT2D eigenvalue weighted by Crippen LogP contribution is -2.51. The molecule has 0 fully saturated rings. The van der Waals surface area contributed by atoms with Gasteiger partial charge in [0.25, 0.3) is 0 Å². The van der Waals surface area contributed by atoms with Gasteiger partial charge in [-0.25, -0.2) is 4.98 Å². The summed E-state index contributed by atoms with van der Waals surface area (Å²) >= 11 is 1.67. The lowest BCUT2D eigenvalue weighted by Gasteiger charge is -2.54. The second kappa shape index (κ2) is 9.17. The number of para-hydroxylation sites is 1. The predicted molar refractivity (Wildman–Crippen MR) is 166 cm³/mol. The average Bonchev–Trinajstić information content (AvgIpc) is 3.55. The molecule has 3 aromatic carbocycles. The lowest BCUT2D eigenvalue weighted by atomic mass is 9.49. The highest BCUT2D eigenvalue weighted by Crippen LogP contribution is 2.57. The van der Waals surface area contributed by atoms with Crippen LogP contribution in [-0.2, 0) is 5.41 Å². The Hall–Kier alpha value is -3.76. The number of pyridine rings is 1. The van der Waals surface area contributed by atoms with Gasteiger partial charge in [-0.05, 0) is 52.8 Å². The molecule has 0 spiro atoms. The van der Waals surface area contributed by atoms with E-state index in [2.05, 4.69) is 130 Å². The van der Waals surface area contributed by atoms with E-state index in [4.69, 9.17) is 4.98 Å². The van der Waals surface area contributed by atoms with E-state index in [1.165, 1.54) is 27.4 Å². The molecule has 4 heteroatoms. The number of rotatable bonds is 4. The Morgan fingerprint density at radius 3 is 2.08 bits per heavy atom. The summed E-state index contributed by atoms with van der Waals surface area (Å²) in [6, 6.07) is 30.9. The molecule has 39 heavy (non-hydrogen) atoms.